The zero-order valence-electron chi connectivity index (χ0n) is 30.7. The van der Waals surface area contributed by atoms with Gasteiger partial charge in [0.1, 0.15) is 16.2 Å². The van der Waals surface area contributed by atoms with Crippen molar-refractivity contribution in [3.63, 3.8) is 0 Å². The first-order chi connectivity index (χ1) is 24.6. The monoisotopic (exact) mass is 714 g/mol. The molecule has 1 saturated heterocycles. The number of carbonyl (C=O) groups is 2. The van der Waals surface area contributed by atoms with Crippen LogP contribution in [-0.4, -0.2) is 79.1 Å². The van der Waals surface area contributed by atoms with Gasteiger partial charge < -0.3 is 29.0 Å². The van der Waals surface area contributed by atoms with Gasteiger partial charge in [-0.1, -0.05) is 57.4 Å². The molecule has 2 aliphatic heterocycles. The van der Waals surface area contributed by atoms with Crippen LogP contribution in [0.1, 0.15) is 82.1 Å². The number of benzene rings is 1. The third kappa shape index (κ3) is 8.53. The van der Waals surface area contributed by atoms with Crippen molar-refractivity contribution in [3.05, 3.63) is 86.2 Å². The number of rotatable bonds is 9. The molecule has 1 aromatic carbocycles. The number of carbonyl (C=O) groups excluding carboxylic acids is 1. The Labute approximate surface area is 304 Å². The largest absolute Gasteiger partial charge is 0.478 e. The van der Waals surface area contributed by atoms with Gasteiger partial charge in [0.2, 0.25) is 5.43 Å². The number of anilines is 1. The summed E-state index contributed by atoms with van der Waals surface area (Å²) in [5, 5.41) is 11.5. The van der Waals surface area contributed by atoms with Crippen LogP contribution in [0.15, 0.2) is 79.0 Å². The maximum Gasteiger partial charge on any atom is 0.335 e. The molecular weight excluding hydrogens is 665 g/mol. The Hall–Kier alpha value is -4.48. The summed E-state index contributed by atoms with van der Waals surface area (Å²) in [6.07, 6.45) is 13.4. The molecule has 0 atom stereocenters. The van der Waals surface area contributed by atoms with Crippen LogP contribution in [0.3, 0.4) is 0 Å². The number of thiophene rings is 1. The van der Waals surface area contributed by atoms with E-state index < -0.39 is 5.97 Å². The Morgan fingerprint density at radius 2 is 1.84 bits per heavy atom. The van der Waals surface area contributed by atoms with Crippen LogP contribution < -0.4 is 10.3 Å². The summed E-state index contributed by atoms with van der Waals surface area (Å²) in [6, 6.07) is 7.35. The number of hydrogen-bond donors (Lipinski definition) is 1. The lowest BCUT2D eigenvalue weighted by Crippen LogP contribution is -2.40. The fraction of sp³-hybridized carbons (Fsp3) is 0.450. The third-order valence-electron chi connectivity index (χ3n) is 9.37. The molecule has 0 radical (unpaired) electrons. The molecular formula is C40H50N4O6S. The number of allylic oxidation sites excluding steroid dienone is 3. The van der Waals surface area contributed by atoms with Gasteiger partial charge in [-0.05, 0) is 62.8 Å². The highest BCUT2D eigenvalue weighted by molar-refractivity contribution is 7.17. The van der Waals surface area contributed by atoms with E-state index in [0.29, 0.717) is 60.5 Å². The Kier molecular flexibility index (Phi) is 12.7. The van der Waals surface area contributed by atoms with Crippen molar-refractivity contribution in [2.24, 2.45) is 4.99 Å². The molecule has 272 valence electrons. The van der Waals surface area contributed by atoms with Crippen molar-refractivity contribution >= 4 is 45.2 Å². The van der Waals surface area contributed by atoms with Gasteiger partial charge in [0, 0.05) is 61.5 Å². The number of fused-ring (bicyclic) bond motifs is 1. The summed E-state index contributed by atoms with van der Waals surface area (Å²) in [7, 11) is 3.62. The predicted octanol–water partition coefficient (Wildman–Crippen LogP) is 7.88. The second-order valence-electron chi connectivity index (χ2n) is 13.3. The summed E-state index contributed by atoms with van der Waals surface area (Å²) >= 11 is 1.32. The molecule has 1 amide bonds. The van der Waals surface area contributed by atoms with Gasteiger partial charge in [0.05, 0.1) is 18.8 Å². The number of hydrogen-bond acceptors (Lipinski definition) is 8. The van der Waals surface area contributed by atoms with Crippen LogP contribution in [-0.2, 0) is 16.0 Å². The number of aryl methyl sites for hydroxylation is 1. The number of carboxylic acids is 1. The Balaban J connectivity index is 0.000000202. The number of amides is 1. The van der Waals surface area contributed by atoms with Gasteiger partial charge in [0.25, 0.3) is 5.91 Å². The highest BCUT2D eigenvalue weighted by atomic mass is 32.1. The van der Waals surface area contributed by atoms with Gasteiger partial charge in [0.15, 0.2) is 11.5 Å². The quantitative estimate of drug-likeness (QED) is 0.238. The van der Waals surface area contributed by atoms with E-state index in [2.05, 4.69) is 24.0 Å². The molecule has 0 spiro atoms. The van der Waals surface area contributed by atoms with E-state index in [1.807, 2.05) is 63.4 Å². The summed E-state index contributed by atoms with van der Waals surface area (Å²) in [5.74, 6) is 0.576. The zero-order valence-corrected chi connectivity index (χ0v) is 31.5. The topological polar surface area (TPSA) is 116 Å². The van der Waals surface area contributed by atoms with Gasteiger partial charge >= 0.3 is 5.97 Å². The molecule has 11 heteroatoms. The summed E-state index contributed by atoms with van der Waals surface area (Å²) in [5.41, 5.74) is 5.85. The summed E-state index contributed by atoms with van der Waals surface area (Å²) < 4.78 is 12.0. The number of morpholine rings is 1. The van der Waals surface area contributed by atoms with Gasteiger partial charge in [-0.15, -0.1) is 11.3 Å². The maximum absolute atomic E-state index is 12.6. The van der Waals surface area contributed by atoms with Crippen molar-refractivity contribution in [1.29, 1.82) is 0 Å². The molecule has 3 aliphatic rings. The van der Waals surface area contributed by atoms with Crippen LogP contribution in [0.4, 0.5) is 5.88 Å². The number of ether oxygens (including phenoxy) is 1. The fourth-order valence-electron chi connectivity index (χ4n) is 6.80. The standard InChI is InChI=1S/C21H21NO5S.C19H29N3O/c1-2-3-13-4-5-14(10-15(13)21(24)25)16-12-28-20-17(23)11-18(27-19(16)20)22-6-8-26-9-7-22;1-6-10-14(3)20-18-15(7-2)13-17(19(23)21(4)5)22(18)16-11-8-9-12-16/h4-5,10-12H,2-3,6-9H2,1H3,(H,24,25);7,10,13,16H,6,8-9,11-12H2,1-5H3/b;14-10-,15-7-,20-18+. The van der Waals surface area contributed by atoms with E-state index in [9.17, 15) is 19.5 Å². The van der Waals surface area contributed by atoms with Crippen molar-refractivity contribution < 1.29 is 23.8 Å². The Morgan fingerprint density at radius 3 is 2.47 bits per heavy atom. The summed E-state index contributed by atoms with van der Waals surface area (Å²) in [4.78, 5) is 47.6. The van der Waals surface area contributed by atoms with E-state index >= 15 is 0 Å². The lowest BCUT2D eigenvalue weighted by Gasteiger charge is -2.30. The molecule has 10 nitrogen and oxygen atoms in total. The minimum absolute atomic E-state index is 0.0542. The molecule has 1 saturated carbocycles. The first-order valence-electron chi connectivity index (χ1n) is 18.0. The zero-order chi connectivity index (χ0) is 36.7. The van der Waals surface area contributed by atoms with Crippen LogP contribution in [0.25, 0.3) is 21.4 Å². The van der Waals surface area contributed by atoms with E-state index in [0.717, 1.165) is 65.2 Å². The van der Waals surface area contributed by atoms with E-state index in [-0.39, 0.29) is 11.3 Å². The molecule has 2 fully saturated rings. The third-order valence-corrected chi connectivity index (χ3v) is 10.3. The number of amidine groups is 1. The molecule has 51 heavy (non-hydrogen) atoms. The highest BCUT2D eigenvalue weighted by Crippen LogP contribution is 2.36. The number of aromatic carboxylic acids is 1. The number of aliphatic imine (C=N–C) groups is 1. The van der Waals surface area contributed by atoms with Crippen LogP contribution >= 0.6 is 11.3 Å². The van der Waals surface area contributed by atoms with E-state index in [1.54, 1.807) is 11.0 Å². The number of nitrogens with zero attached hydrogens (tertiary/aromatic N) is 4. The molecule has 2 aromatic heterocycles. The highest BCUT2D eigenvalue weighted by Gasteiger charge is 2.37. The van der Waals surface area contributed by atoms with Gasteiger partial charge in [-0.25, -0.2) is 9.79 Å². The first kappa shape index (κ1) is 37.8. The Bertz CT molecular complexity index is 1920. The number of likely N-dealkylation sites (N-methyl/N-ethyl adjacent to an activating group) is 1. The van der Waals surface area contributed by atoms with Crippen molar-refractivity contribution in [2.75, 3.05) is 45.3 Å². The molecule has 1 N–H and O–H groups in total. The molecule has 0 bridgehead atoms. The fourth-order valence-corrected chi connectivity index (χ4v) is 7.71. The van der Waals surface area contributed by atoms with Crippen molar-refractivity contribution in [1.82, 2.24) is 9.80 Å². The average Bonchev–Trinajstić information content (AvgIpc) is 3.88. The average molecular weight is 715 g/mol. The normalized spacial score (nSPS) is 18.4. The smallest absolute Gasteiger partial charge is 0.335 e. The van der Waals surface area contributed by atoms with Gasteiger partial charge in [-0.3, -0.25) is 9.59 Å². The summed E-state index contributed by atoms with van der Waals surface area (Å²) in [6.45, 7) is 10.7. The molecule has 0 unspecified atom stereocenters. The minimum Gasteiger partial charge on any atom is -0.478 e. The lowest BCUT2D eigenvalue weighted by atomic mass is 9.98. The lowest BCUT2D eigenvalue weighted by molar-refractivity contribution is -0.126. The van der Waals surface area contributed by atoms with Crippen molar-refractivity contribution in [2.45, 2.75) is 78.7 Å². The molecule has 1 aliphatic carbocycles. The maximum atomic E-state index is 12.6. The van der Waals surface area contributed by atoms with Crippen LogP contribution in [0.5, 0.6) is 0 Å². The second kappa shape index (κ2) is 17.2. The van der Waals surface area contributed by atoms with Crippen LogP contribution in [0.2, 0.25) is 0 Å². The molecule has 3 aromatic rings. The van der Waals surface area contributed by atoms with Gasteiger partial charge in [-0.2, -0.15) is 0 Å². The van der Waals surface area contributed by atoms with E-state index in [4.69, 9.17) is 14.1 Å². The minimum atomic E-state index is -0.944. The second-order valence-corrected chi connectivity index (χ2v) is 14.1. The van der Waals surface area contributed by atoms with Crippen molar-refractivity contribution in [3.8, 4) is 11.1 Å². The molecule has 6 rings (SSSR count). The Morgan fingerprint density at radius 1 is 1.12 bits per heavy atom. The first-order valence-corrected chi connectivity index (χ1v) is 18.8. The van der Waals surface area contributed by atoms with Crippen LogP contribution in [0, 0.1) is 0 Å². The predicted molar refractivity (Wildman–Crippen MR) is 206 cm³/mol. The SMILES string of the molecule is C/C=C1/C=C(C(=O)N(C)C)N(C2CCCC2)/C1=N/C(C)=C\CC.CCCc1ccc(-c2csc3c(=O)cc(N4CCOCC4)oc23)cc1C(=O)O. The molecule has 4 heterocycles. The van der Waals surface area contributed by atoms with E-state index in [1.165, 1.54) is 30.2 Å². The number of carboxylic acid groups (broad SMARTS) is 1.